The van der Waals surface area contributed by atoms with Crippen LogP contribution in [0.5, 0.6) is 0 Å². The second-order valence-electron chi connectivity index (χ2n) is 3.51. The third-order valence-electron chi connectivity index (χ3n) is 2.37. The van der Waals surface area contributed by atoms with Crippen LogP contribution in [0.2, 0.25) is 0 Å². The fraction of sp³-hybridized carbons (Fsp3) is 0.364. The van der Waals surface area contributed by atoms with E-state index in [2.05, 4.69) is 15.9 Å². The van der Waals surface area contributed by atoms with Gasteiger partial charge in [0.15, 0.2) is 0 Å². The molecule has 1 aromatic carbocycles. The highest BCUT2D eigenvalue weighted by Crippen LogP contribution is 2.25. The highest BCUT2D eigenvalue weighted by atomic mass is 79.9. The van der Waals surface area contributed by atoms with Gasteiger partial charge in [0.05, 0.1) is 11.7 Å². The lowest BCUT2D eigenvalue weighted by Gasteiger charge is -2.19. The number of aliphatic hydroxyl groups excluding tert-OH is 2. The Morgan fingerprint density at radius 2 is 2.06 bits per heavy atom. The van der Waals surface area contributed by atoms with Gasteiger partial charge in [0.1, 0.15) is 6.10 Å². The van der Waals surface area contributed by atoms with Gasteiger partial charge in [0.25, 0.3) is 0 Å². The molecule has 0 radical (unpaired) electrons. The van der Waals surface area contributed by atoms with Gasteiger partial charge in [-0.25, -0.2) is 4.79 Å². The Morgan fingerprint density at radius 1 is 1.44 bits per heavy atom. The van der Waals surface area contributed by atoms with Gasteiger partial charge in [-0.15, -0.1) is 0 Å². The molecule has 1 aromatic rings. The standard InChI is InChI=1S/C11H13BrO4/c1-6-3-2-4-7(11(15)16)9(6)10(14)8(13)5-12/h2-4,8,10,13-14H,5H2,1H3,(H,15,16). The van der Waals surface area contributed by atoms with E-state index in [1.54, 1.807) is 19.1 Å². The number of carbonyl (C=O) groups is 1. The van der Waals surface area contributed by atoms with E-state index in [4.69, 9.17) is 5.11 Å². The normalized spacial score (nSPS) is 14.5. The van der Waals surface area contributed by atoms with Gasteiger partial charge >= 0.3 is 5.97 Å². The molecule has 0 spiro atoms. The molecule has 0 aliphatic rings. The Kier molecular flexibility index (Phi) is 4.46. The predicted octanol–water partition coefficient (Wildman–Crippen LogP) is 1.48. The molecule has 4 nitrogen and oxygen atoms in total. The largest absolute Gasteiger partial charge is 0.478 e. The fourth-order valence-corrected chi connectivity index (χ4v) is 1.89. The Morgan fingerprint density at radius 3 is 2.56 bits per heavy atom. The maximum Gasteiger partial charge on any atom is 0.336 e. The van der Waals surface area contributed by atoms with Crippen molar-refractivity contribution in [1.29, 1.82) is 0 Å². The first-order valence-electron chi connectivity index (χ1n) is 4.74. The molecule has 88 valence electrons. The van der Waals surface area contributed by atoms with E-state index in [-0.39, 0.29) is 16.5 Å². The molecule has 0 saturated heterocycles. The number of benzene rings is 1. The first-order chi connectivity index (χ1) is 7.49. The monoisotopic (exact) mass is 288 g/mol. The third kappa shape index (κ3) is 2.61. The van der Waals surface area contributed by atoms with Crippen LogP contribution in [0.15, 0.2) is 18.2 Å². The van der Waals surface area contributed by atoms with Gasteiger partial charge < -0.3 is 15.3 Å². The number of hydrogen-bond donors (Lipinski definition) is 3. The van der Waals surface area contributed by atoms with Gasteiger partial charge in [-0.05, 0) is 18.6 Å². The first-order valence-corrected chi connectivity index (χ1v) is 5.86. The number of rotatable bonds is 4. The summed E-state index contributed by atoms with van der Waals surface area (Å²) in [5.74, 6) is -1.11. The summed E-state index contributed by atoms with van der Waals surface area (Å²) in [5.41, 5.74) is 0.932. The van der Waals surface area contributed by atoms with Crippen LogP contribution >= 0.6 is 15.9 Å². The van der Waals surface area contributed by atoms with Crippen LogP contribution in [0.1, 0.15) is 27.6 Å². The number of hydrogen-bond acceptors (Lipinski definition) is 3. The molecule has 0 bridgehead atoms. The molecule has 2 unspecified atom stereocenters. The second kappa shape index (κ2) is 5.43. The molecule has 1 rings (SSSR count). The Hall–Kier alpha value is -0.910. The van der Waals surface area contributed by atoms with E-state index in [9.17, 15) is 15.0 Å². The minimum atomic E-state index is -1.20. The molecule has 0 fully saturated rings. The van der Waals surface area contributed by atoms with Crippen molar-refractivity contribution >= 4 is 21.9 Å². The van der Waals surface area contributed by atoms with Gasteiger partial charge in [-0.2, -0.15) is 0 Å². The average Bonchev–Trinajstić information content (AvgIpc) is 2.26. The molecule has 0 aromatic heterocycles. The van der Waals surface area contributed by atoms with Crippen LogP contribution in [0.25, 0.3) is 0 Å². The van der Waals surface area contributed by atoms with Crippen LogP contribution in [-0.2, 0) is 0 Å². The molecule has 0 amide bonds. The zero-order valence-electron chi connectivity index (χ0n) is 8.72. The molecule has 16 heavy (non-hydrogen) atoms. The lowest BCUT2D eigenvalue weighted by Crippen LogP contribution is -2.22. The molecule has 0 saturated carbocycles. The number of alkyl halides is 1. The molecule has 0 aliphatic carbocycles. The molecule has 0 heterocycles. The van der Waals surface area contributed by atoms with E-state index in [1.807, 2.05) is 0 Å². The summed E-state index contributed by atoms with van der Waals surface area (Å²) < 4.78 is 0. The predicted molar refractivity (Wildman–Crippen MR) is 62.9 cm³/mol. The van der Waals surface area contributed by atoms with Gasteiger partial charge in [-0.1, -0.05) is 28.1 Å². The van der Waals surface area contributed by atoms with Crippen molar-refractivity contribution in [2.24, 2.45) is 0 Å². The fourth-order valence-electron chi connectivity index (χ4n) is 1.54. The van der Waals surface area contributed by atoms with Gasteiger partial charge in [0, 0.05) is 10.9 Å². The van der Waals surface area contributed by atoms with E-state index in [1.165, 1.54) is 6.07 Å². The zero-order chi connectivity index (χ0) is 12.3. The van der Waals surface area contributed by atoms with Crippen molar-refractivity contribution in [2.75, 3.05) is 5.33 Å². The minimum Gasteiger partial charge on any atom is -0.478 e. The molecule has 2 atom stereocenters. The van der Waals surface area contributed by atoms with Crippen molar-refractivity contribution in [2.45, 2.75) is 19.1 Å². The molecular weight excluding hydrogens is 276 g/mol. The third-order valence-corrected chi connectivity index (χ3v) is 3.04. The minimum absolute atomic E-state index is 0.0208. The molecular formula is C11H13BrO4. The number of halogens is 1. The smallest absolute Gasteiger partial charge is 0.336 e. The van der Waals surface area contributed by atoms with Crippen LogP contribution in [0.3, 0.4) is 0 Å². The van der Waals surface area contributed by atoms with E-state index < -0.39 is 18.2 Å². The van der Waals surface area contributed by atoms with Crippen molar-refractivity contribution in [3.05, 3.63) is 34.9 Å². The average molecular weight is 289 g/mol. The molecule has 5 heteroatoms. The highest BCUT2D eigenvalue weighted by molar-refractivity contribution is 9.09. The first kappa shape index (κ1) is 13.2. The topological polar surface area (TPSA) is 77.8 Å². The number of aryl methyl sites for hydroxylation is 1. The summed E-state index contributed by atoms with van der Waals surface area (Å²) in [4.78, 5) is 11.0. The van der Waals surface area contributed by atoms with Gasteiger partial charge in [-0.3, -0.25) is 0 Å². The summed E-state index contributed by atoms with van der Waals surface area (Å²) in [6.45, 7) is 1.70. The Labute approximate surface area is 102 Å². The van der Waals surface area contributed by atoms with Crippen molar-refractivity contribution in [3.8, 4) is 0 Å². The van der Waals surface area contributed by atoms with E-state index in [0.717, 1.165) is 0 Å². The van der Waals surface area contributed by atoms with Crippen LogP contribution in [0, 0.1) is 6.92 Å². The Bertz CT molecular complexity index is 392. The molecule has 3 N–H and O–H groups in total. The van der Waals surface area contributed by atoms with E-state index >= 15 is 0 Å². The summed E-state index contributed by atoms with van der Waals surface area (Å²) in [7, 11) is 0. The number of aliphatic hydroxyl groups is 2. The Balaban J connectivity index is 3.24. The van der Waals surface area contributed by atoms with E-state index in [0.29, 0.717) is 5.56 Å². The zero-order valence-corrected chi connectivity index (χ0v) is 10.3. The second-order valence-corrected chi connectivity index (χ2v) is 4.16. The summed E-state index contributed by atoms with van der Waals surface area (Å²) in [6, 6.07) is 4.72. The quantitative estimate of drug-likeness (QED) is 0.734. The highest BCUT2D eigenvalue weighted by Gasteiger charge is 2.24. The van der Waals surface area contributed by atoms with Crippen LogP contribution < -0.4 is 0 Å². The summed E-state index contributed by atoms with van der Waals surface area (Å²) >= 11 is 3.04. The SMILES string of the molecule is Cc1cccc(C(=O)O)c1C(O)C(O)CBr. The maximum absolute atomic E-state index is 11.0. The van der Waals surface area contributed by atoms with Crippen LogP contribution in [-0.4, -0.2) is 32.7 Å². The molecule has 0 aliphatic heterocycles. The maximum atomic E-state index is 11.0. The number of aromatic carboxylic acids is 1. The van der Waals surface area contributed by atoms with Crippen molar-refractivity contribution in [3.63, 3.8) is 0 Å². The van der Waals surface area contributed by atoms with Crippen LogP contribution in [0.4, 0.5) is 0 Å². The summed E-state index contributed by atoms with van der Waals surface area (Å²) in [5, 5.41) is 28.5. The summed E-state index contributed by atoms with van der Waals surface area (Å²) in [6.07, 6.45) is -2.23. The lowest BCUT2D eigenvalue weighted by molar-refractivity contribution is 0.0324. The van der Waals surface area contributed by atoms with Crippen molar-refractivity contribution in [1.82, 2.24) is 0 Å². The number of carboxylic acid groups (broad SMARTS) is 1. The number of carboxylic acids is 1. The van der Waals surface area contributed by atoms with Crippen molar-refractivity contribution < 1.29 is 20.1 Å². The lowest BCUT2D eigenvalue weighted by atomic mass is 9.94. The van der Waals surface area contributed by atoms with Gasteiger partial charge in [0.2, 0.25) is 0 Å².